The first-order valence-electron chi connectivity index (χ1n) is 7.56. The van der Waals surface area contributed by atoms with Crippen LogP contribution in [0.4, 0.5) is 5.69 Å². The molecule has 2 amide bonds. The van der Waals surface area contributed by atoms with E-state index in [1.54, 1.807) is 24.3 Å². The fourth-order valence-corrected chi connectivity index (χ4v) is 2.97. The van der Waals surface area contributed by atoms with E-state index in [4.69, 9.17) is 5.73 Å². The van der Waals surface area contributed by atoms with Gasteiger partial charge in [0.1, 0.15) is 6.04 Å². The monoisotopic (exact) mass is 319 g/mol. The number of likely N-dealkylation sites (tertiary alicyclic amines) is 1. The number of nitrogens with zero attached hydrogens (tertiary/aromatic N) is 1. The van der Waals surface area contributed by atoms with Gasteiger partial charge in [-0.3, -0.25) is 9.59 Å². The molecule has 0 radical (unpaired) electrons. The molecule has 0 spiro atoms. The Morgan fingerprint density at radius 1 is 1.35 bits per heavy atom. The predicted octanol–water partition coefficient (Wildman–Crippen LogP) is 0.909. The van der Waals surface area contributed by atoms with Gasteiger partial charge >= 0.3 is 5.97 Å². The Balaban J connectivity index is 2.07. The van der Waals surface area contributed by atoms with Gasteiger partial charge < -0.3 is 21.1 Å². The number of amides is 2. The van der Waals surface area contributed by atoms with Crippen LogP contribution in [-0.2, 0) is 9.59 Å². The molecule has 1 aliphatic heterocycles. The lowest BCUT2D eigenvalue weighted by atomic mass is 9.91. The summed E-state index contributed by atoms with van der Waals surface area (Å²) in [6, 6.07) is 5.82. The van der Waals surface area contributed by atoms with Crippen LogP contribution < -0.4 is 11.1 Å². The molecule has 0 bridgehead atoms. The molecule has 0 aliphatic carbocycles. The Labute approximate surface area is 134 Å². The summed E-state index contributed by atoms with van der Waals surface area (Å²) < 4.78 is 0. The van der Waals surface area contributed by atoms with E-state index in [1.165, 1.54) is 4.90 Å². The third-order valence-electron chi connectivity index (χ3n) is 4.13. The zero-order valence-electron chi connectivity index (χ0n) is 13.0. The van der Waals surface area contributed by atoms with Crippen LogP contribution in [0, 0.1) is 5.92 Å². The number of carbonyl (C=O) groups excluding carboxylic acids is 2. The highest BCUT2D eigenvalue weighted by Crippen LogP contribution is 2.24. The van der Waals surface area contributed by atoms with E-state index < -0.39 is 17.9 Å². The van der Waals surface area contributed by atoms with Gasteiger partial charge in [0.25, 0.3) is 5.91 Å². The van der Waals surface area contributed by atoms with E-state index in [-0.39, 0.29) is 18.4 Å². The summed E-state index contributed by atoms with van der Waals surface area (Å²) >= 11 is 0. The molecular formula is C16H21N3O4. The van der Waals surface area contributed by atoms with E-state index in [1.807, 2.05) is 6.92 Å². The maximum absolute atomic E-state index is 12.4. The number of nitrogens with one attached hydrogen (secondary N) is 1. The van der Waals surface area contributed by atoms with Gasteiger partial charge in [-0.1, -0.05) is 19.1 Å². The Kier molecular flexibility index (Phi) is 5.20. The normalized spacial score (nSPS) is 20.8. The van der Waals surface area contributed by atoms with Gasteiger partial charge in [-0.15, -0.1) is 0 Å². The molecule has 2 atom stereocenters. The number of carbonyl (C=O) groups is 3. The molecule has 1 saturated heterocycles. The largest absolute Gasteiger partial charge is 0.480 e. The summed E-state index contributed by atoms with van der Waals surface area (Å²) in [6.07, 6.45) is 1.58. The van der Waals surface area contributed by atoms with Crippen molar-refractivity contribution in [3.63, 3.8) is 0 Å². The minimum Gasteiger partial charge on any atom is -0.480 e. The molecule has 2 unspecified atom stereocenters. The summed E-state index contributed by atoms with van der Waals surface area (Å²) in [5.41, 5.74) is 6.05. The molecule has 1 fully saturated rings. The lowest BCUT2D eigenvalue weighted by Gasteiger charge is -2.37. The van der Waals surface area contributed by atoms with Crippen LogP contribution in [-0.4, -0.2) is 46.9 Å². The van der Waals surface area contributed by atoms with Crippen molar-refractivity contribution in [2.75, 3.05) is 18.4 Å². The smallest absolute Gasteiger partial charge is 0.326 e. The Bertz CT molecular complexity index is 617. The first-order chi connectivity index (χ1) is 10.9. The zero-order chi connectivity index (χ0) is 17.0. The number of para-hydroxylation sites is 1. The van der Waals surface area contributed by atoms with Crippen LogP contribution in [0.15, 0.2) is 24.3 Å². The van der Waals surface area contributed by atoms with E-state index in [2.05, 4.69) is 5.32 Å². The summed E-state index contributed by atoms with van der Waals surface area (Å²) in [5, 5.41) is 12.2. The van der Waals surface area contributed by atoms with Crippen LogP contribution in [0.5, 0.6) is 0 Å². The Morgan fingerprint density at radius 2 is 2.04 bits per heavy atom. The number of hydrogen-bond acceptors (Lipinski definition) is 4. The third-order valence-corrected chi connectivity index (χ3v) is 4.13. The highest BCUT2D eigenvalue weighted by atomic mass is 16.4. The molecule has 1 aromatic carbocycles. The van der Waals surface area contributed by atoms with Crippen LogP contribution >= 0.6 is 0 Å². The van der Waals surface area contributed by atoms with Crippen LogP contribution in [0.25, 0.3) is 0 Å². The second-order valence-electron chi connectivity index (χ2n) is 5.75. The SMILES string of the molecule is CC1CCCN(C(=O)CNc2ccccc2C(N)=O)C1C(=O)O. The summed E-state index contributed by atoms with van der Waals surface area (Å²) in [4.78, 5) is 36.6. The number of hydrogen-bond donors (Lipinski definition) is 3. The predicted molar refractivity (Wildman–Crippen MR) is 85.0 cm³/mol. The van der Waals surface area contributed by atoms with Crippen LogP contribution in [0.2, 0.25) is 0 Å². The van der Waals surface area contributed by atoms with Gasteiger partial charge in [-0.2, -0.15) is 0 Å². The first-order valence-corrected chi connectivity index (χ1v) is 7.56. The third kappa shape index (κ3) is 3.80. The number of piperidine rings is 1. The first kappa shape index (κ1) is 16.8. The molecule has 0 aromatic heterocycles. The maximum Gasteiger partial charge on any atom is 0.326 e. The molecule has 7 nitrogen and oxygen atoms in total. The van der Waals surface area contributed by atoms with Crippen molar-refractivity contribution in [1.29, 1.82) is 0 Å². The van der Waals surface area contributed by atoms with Crippen molar-refractivity contribution in [2.24, 2.45) is 11.7 Å². The van der Waals surface area contributed by atoms with E-state index in [0.29, 0.717) is 17.8 Å². The summed E-state index contributed by atoms with van der Waals surface area (Å²) in [7, 11) is 0. The molecule has 0 saturated carbocycles. The van der Waals surface area contributed by atoms with Crippen molar-refractivity contribution < 1.29 is 19.5 Å². The van der Waals surface area contributed by atoms with Crippen molar-refractivity contribution in [3.8, 4) is 0 Å². The zero-order valence-corrected chi connectivity index (χ0v) is 13.0. The standard InChI is InChI=1S/C16H21N3O4/c1-10-5-4-8-19(14(10)16(22)23)13(20)9-18-12-7-3-2-6-11(12)15(17)21/h2-3,6-7,10,14,18H,4-5,8-9H2,1H3,(H2,17,21)(H,22,23). The number of nitrogens with two attached hydrogens (primary N) is 1. The molecule has 2 rings (SSSR count). The minimum atomic E-state index is -0.983. The number of carboxylic acids is 1. The molecule has 7 heteroatoms. The lowest BCUT2D eigenvalue weighted by molar-refractivity contribution is -0.153. The second kappa shape index (κ2) is 7.13. The van der Waals surface area contributed by atoms with Crippen LogP contribution in [0.1, 0.15) is 30.1 Å². The summed E-state index contributed by atoms with van der Waals surface area (Å²) in [5.74, 6) is -1.95. The van der Waals surface area contributed by atoms with Crippen molar-refractivity contribution in [3.05, 3.63) is 29.8 Å². The van der Waals surface area contributed by atoms with Gasteiger partial charge in [0.05, 0.1) is 12.1 Å². The van der Waals surface area contributed by atoms with Gasteiger partial charge in [0, 0.05) is 12.2 Å². The molecule has 1 aliphatic rings. The fraction of sp³-hybridized carbons (Fsp3) is 0.438. The average Bonchev–Trinajstić information content (AvgIpc) is 2.52. The summed E-state index contributed by atoms with van der Waals surface area (Å²) in [6.45, 7) is 2.19. The van der Waals surface area contributed by atoms with Crippen molar-refractivity contribution in [2.45, 2.75) is 25.8 Å². The number of rotatable bonds is 5. The molecule has 1 aromatic rings. The molecule has 124 valence electrons. The van der Waals surface area contributed by atoms with Gasteiger partial charge in [0.15, 0.2) is 0 Å². The Hall–Kier alpha value is -2.57. The number of carboxylic acid groups (broad SMARTS) is 1. The second-order valence-corrected chi connectivity index (χ2v) is 5.75. The van der Waals surface area contributed by atoms with Crippen molar-refractivity contribution >= 4 is 23.5 Å². The van der Waals surface area contributed by atoms with Gasteiger partial charge in [-0.25, -0.2) is 4.79 Å². The average molecular weight is 319 g/mol. The Morgan fingerprint density at radius 3 is 2.70 bits per heavy atom. The molecular weight excluding hydrogens is 298 g/mol. The molecule has 23 heavy (non-hydrogen) atoms. The quantitative estimate of drug-likeness (QED) is 0.746. The fourth-order valence-electron chi connectivity index (χ4n) is 2.97. The minimum absolute atomic E-state index is 0.0805. The maximum atomic E-state index is 12.4. The van der Waals surface area contributed by atoms with Gasteiger partial charge in [0.2, 0.25) is 5.91 Å². The van der Waals surface area contributed by atoms with E-state index in [0.717, 1.165) is 12.8 Å². The van der Waals surface area contributed by atoms with Crippen molar-refractivity contribution in [1.82, 2.24) is 4.90 Å². The highest BCUT2D eigenvalue weighted by Gasteiger charge is 2.36. The van der Waals surface area contributed by atoms with Crippen LogP contribution in [0.3, 0.4) is 0 Å². The number of primary amides is 1. The van der Waals surface area contributed by atoms with Gasteiger partial charge in [-0.05, 0) is 30.9 Å². The number of aliphatic carboxylic acids is 1. The van der Waals surface area contributed by atoms with E-state index in [9.17, 15) is 19.5 Å². The molecule has 1 heterocycles. The molecule has 4 N–H and O–H groups in total. The number of benzene rings is 1. The number of anilines is 1. The lowest BCUT2D eigenvalue weighted by Crippen LogP contribution is -2.53. The topological polar surface area (TPSA) is 113 Å². The highest BCUT2D eigenvalue weighted by molar-refractivity contribution is 5.99. The van der Waals surface area contributed by atoms with E-state index >= 15 is 0 Å².